The molecule has 1 aromatic heterocycles. The molecular weight excluding hydrogens is 210 g/mol. The van der Waals surface area contributed by atoms with E-state index >= 15 is 0 Å². The van der Waals surface area contributed by atoms with Crippen LogP contribution in [0.4, 0.5) is 0 Å². The Morgan fingerprint density at radius 3 is 2.81 bits per heavy atom. The average molecular weight is 227 g/mol. The zero-order valence-corrected chi connectivity index (χ0v) is 10.1. The molecule has 90 valence electrons. The molecule has 6 heteroatoms. The minimum atomic E-state index is -0.212. The molecule has 1 rings (SSSR count). The number of rotatable bonds is 5. The van der Waals surface area contributed by atoms with Crippen molar-refractivity contribution in [3.8, 4) is 0 Å². The molecular formula is C10H17N3O3. The van der Waals surface area contributed by atoms with Crippen LogP contribution >= 0.6 is 0 Å². The Labute approximate surface area is 94.6 Å². The Bertz CT molecular complexity index is 351. The van der Waals surface area contributed by atoms with Gasteiger partial charge in [0.05, 0.1) is 19.6 Å². The molecule has 0 fully saturated rings. The van der Waals surface area contributed by atoms with Crippen molar-refractivity contribution in [2.24, 2.45) is 5.92 Å². The lowest BCUT2D eigenvalue weighted by Crippen LogP contribution is -2.29. The third kappa shape index (κ3) is 3.62. The molecule has 1 atom stereocenters. The third-order valence-corrected chi connectivity index (χ3v) is 2.17. The molecule has 0 aromatic carbocycles. The molecule has 6 nitrogen and oxygen atoms in total. The fraction of sp³-hybridized carbons (Fsp3) is 0.700. The highest BCUT2D eigenvalue weighted by Gasteiger charge is 2.16. The Kier molecular flexibility index (Phi) is 4.42. The molecule has 1 heterocycles. The Hall–Kier alpha value is -1.43. The molecule has 0 aliphatic rings. The van der Waals surface area contributed by atoms with Crippen molar-refractivity contribution in [1.29, 1.82) is 0 Å². The average Bonchev–Trinajstić information content (AvgIpc) is 2.62. The van der Waals surface area contributed by atoms with Crippen LogP contribution < -0.4 is 0 Å². The van der Waals surface area contributed by atoms with Gasteiger partial charge in [-0.25, -0.2) is 0 Å². The summed E-state index contributed by atoms with van der Waals surface area (Å²) in [6.45, 7) is 4.72. The number of hydrogen-bond donors (Lipinski definition) is 0. The van der Waals surface area contributed by atoms with Crippen molar-refractivity contribution in [2.45, 2.75) is 20.4 Å². The lowest BCUT2D eigenvalue weighted by Gasteiger charge is -2.17. The fourth-order valence-electron chi connectivity index (χ4n) is 1.45. The van der Waals surface area contributed by atoms with Crippen LogP contribution in [0.5, 0.6) is 0 Å². The summed E-state index contributed by atoms with van der Waals surface area (Å²) in [5, 5.41) is 3.78. The van der Waals surface area contributed by atoms with Crippen LogP contribution in [0.25, 0.3) is 0 Å². The molecule has 16 heavy (non-hydrogen) atoms. The summed E-state index contributed by atoms with van der Waals surface area (Å²) in [6.07, 6.45) is 0. The summed E-state index contributed by atoms with van der Waals surface area (Å²) < 4.78 is 9.51. The minimum absolute atomic E-state index is 0.164. The van der Waals surface area contributed by atoms with Crippen LogP contribution in [0.1, 0.15) is 18.6 Å². The van der Waals surface area contributed by atoms with E-state index in [-0.39, 0.29) is 11.9 Å². The molecule has 0 saturated carbocycles. The fourth-order valence-corrected chi connectivity index (χ4v) is 1.45. The molecule has 0 aliphatic carbocycles. The number of carbonyl (C=O) groups excluding carboxylic acids is 1. The number of aryl methyl sites for hydroxylation is 1. The number of nitrogens with zero attached hydrogens (tertiary/aromatic N) is 3. The highest BCUT2D eigenvalue weighted by Crippen LogP contribution is 2.04. The second-order valence-electron chi connectivity index (χ2n) is 3.85. The van der Waals surface area contributed by atoms with E-state index in [1.54, 1.807) is 6.92 Å². The summed E-state index contributed by atoms with van der Waals surface area (Å²) >= 11 is 0. The van der Waals surface area contributed by atoms with E-state index in [0.717, 1.165) is 0 Å². The van der Waals surface area contributed by atoms with Gasteiger partial charge in [-0.2, -0.15) is 4.98 Å². The summed E-state index contributed by atoms with van der Waals surface area (Å²) in [7, 11) is 3.28. The lowest BCUT2D eigenvalue weighted by molar-refractivity contribution is -0.145. The van der Waals surface area contributed by atoms with Gasteiger partial charge >= 0.3 is 5.97 Å². The van der Waals surface area contributed by atoms with Gasteiger partial charge in [-0.15, -0.1) is 0 Å². The summed E-state index contributed by atoms with van der Waals surface area (Å²) in [5.74, 6) is 0.792. The van der Waals surface area contributed by atoms with Crippen LogP contribution in [0.2, 0.25) is 0 Å². The van der Waals surface area contributed by atoms with Gasteiger partial charge in [-0.05, 0) is 7.05 Å². The third-order valence-electron chi connectivity index (χ3n) is 2.17. The quantitative estimate of drug-likeness (QED) is 0.687. The van der Waals surface area contributed by atoms with E-state index in [1.807, 2.05) is 18.9 Å². The smallest absolute Gasteiger partial charge is 0.309 e. The van der Waals surface area contributed by atoms with Crippen LogP contribution in [0, 0.1) is 12.8 Å². The predicted molar refractivity (Wildman–Crippen MR) is 56.5 cm³/mol. The van der Waals surface area contributed by atoms with Crippen molar-refractivity contribution in [3.63, 3.8) is 0 Å². The lowest BCUT2D eigenvalue weighted by atomic mass is 10.2. The van der Waals surface area contributed by atoms with E-state index in [9.17, 15) is 4.79 Å². The number of hydrogen-bond acceptors (Lipinski definition) is 6. The first-order valence-corrected chi connectivity index (χ1v) is 5.08. The van der Waals surface area contributed by atoms with E-state index in [0.29, 0.717) is 24.8 Å². The monoisotopic (exact) mass is 227 g/mol. The predicted octanol–water partition coefficient (Wildman–Crippen LogP) is 0.619. The molecule has 1 aromatic rings. The Morgan fingerprint density at radius 1 is 1.62 bits per heavy atom. The number of esters is 1. The Morgan fingerprint density at radius 2 is 2.31 bits per heavy atom. The van der Waals surface area contributed by atoms with Crippen LogP contribution in [0.15, 0.2) is 4.52 Å². The molecule has 0 bridgehead atoms. The number of ether oxygens (including phenoxy) is 1. The van der Waals surface area contributed by atoms with E-state index in [2.05, 4.69) is 14.9 Å². The van der Waals surface area contributed by atoms with Gasteiger partial charge in [-0.1, -0.05) is 12.1 Å². The highest BCUT2D eigenvalue weighted by atomic mass is 16.5. The maximum Gasteiger partial charge on any atom is 0.309 e. The van der Waals surface area contributed by atoms with Gasteiger partial charge in [0.1, 0.15) is 0 Å². The Balaban J connectivity index is 2.41. The minimum Gasteiger partial charge on any atom is -0.469 e. The summed E-state index contributed by atoms with van der Waals surface area (Å²) in [4.78, 5) is 17.2. The van der Waals surface area contributed by atoms with Gasteiger partial charge in [0.25, 0.3) is 0 Å². The standard InChI is InChI=1S/C10H17N3O3/c1-7(10(14)15-4)5-13(3)6-9-11-8(2)16-12-9/h7H,5-6H2,1-4H3. The van der Waals surface area contributed by atoms with Crippen LogP contribution in [-0.4, -0.2) is 41.7 Å². The van der Waals surface area contributed by atoms with E-state index < -0.39 is 0 Å². The first-order valence-electron chi connectivity index (χ1n) is 5.08. The largest absolute Gasteiger partial charge is 0.469 e. The van der Waals surface area contributed by atoms with Crippen molar-refractivity contribution in [3.05, 3.63) is 11.7 Å². The normalized spacial score (nSPS) is 12.8. The van der Waals surface area contributed by atoms with Crippen LogP contribution in [-0.2, 0) is 16.1 Å². The molecule has 1 unspecified atom stereocenters. The van der Waals surface area contributed by atoms with Crippen molar-refractivity contribution >= 4 is 5.97 Å². The highest BCUT2D eigenvalue weighted by molar-refractivity contribution is 5.71. The topological polar surface area (TPSA) is 68.5 Å². The molecule has 0 N–H and O–H groups in total. The second kappa shape index (κ2) is 5.60. The molecule has 0 saturated heterocycles. The first kappa shape index (κ1) is 12.6. The van der Waals surface area contributed by atoms with E-state index in [4.69, 9.17) is 4.52 Å². The number of aromatic nitrogens is 2. The van der Waals surface area contributed by atoms with Gasteiger partial charge in [0.2, 0.25) is 5.89 Å². The molecule has 0 spiro atoms. The van der Waals surface area contributed by atoms with Gasteiger partial charge in [0, 0.05) is 13.5 Å². The maximum absolute atomic E-state index is 11.2. The van der Waals surface area contributed by atoms with Gasteiger partial charge < -0.3 is 9.26 Å². The van der Waals surface area contributed by atoms with Gasteiger partial charge in [-0.3, -0.25) is 9.69 Å². The number of methoxy groups -OCH3 is 1. The van der Waals surface area contributed by atoms with Gasteiger partial charge in [0.15, 0.2) is 5.82 Å². The van der Waals surface area contributed by atoms with E-state index in [1.165, 1.54) is 7.11 Å². The molecule has 0 radical (unpaired) electrons. The summed E-state index contributed by atoms with van der Waals surface area (Å²) in [6, 6.07) is 0. The second-order valence-corrected chi connectivity index (χ2v) is 3.85. The SMILES string of the molecule is COC(=O)C(C)CN(C)Cc1noc(C)n1. The van der Waals surface area contributed by atoms with Crippen molar-refractivity contribution < 1.29 is 14.1 Å². The summed E-state index contributed by atoms with van der Waals surface area (Å²) in [5.41, 5.74) is 0. The van der Waals surface area contributed by atoms with Crippen molar-refractivity contribution in [2.75, 3.05) is 20.7 Å². The zero-order chi connectivity index (χ0) is 12.1. The zero-order valence-electron chi connectivity index (χ0n) is 10.1. The molecule has 0 amide bonds. The van der Waals surface area contributed by atoms with Crippen molar-refractivity contribution in [1.82, 2.24) is 15.0 Å². The maximum atomic E-state index is 11.2. The first-order chi connectivity index (χ1) is 7.52. The van der Waals surface area contributed by atoms with Crippen LogP contribution in [0.3, 0.4) is 0 Å². The molecule has 0 aliphatic heterocycles. The number of carbonyl (C=O) groups is 1.